The normalized spacial score (nSPS) is 10.1. The number of hydrazine groups is 1. The van der Waals surface area contributed by atoms with E-state index in [2.05, 4.69) is 36.4 Å². The standard InChI is InChI=1S/C7H7BrN6/c8-5-2-12-14(3-5)7-1-6(13-9)10-4-11-7/h1-4H,9H2,(H,10,11,13). The molecule has 14 heavy (non-hydrogen) atoms. The third-order valence-corrected chi connectivity index (χ3v) is 2.00. The van der Waals surface area contributed by atoms with Crippen LogP contribution in [0.1, 0.15) is 0 Å². The van der Waals surface area contributed by atoms with Crippen LogP contribution < -0.4 is 11.3 Å². The summed E-state index contributed by atoms with van der Waals surface area (Å²) < 4.78 is 2.51. The lowest BCUT2D eigenvalue weighted by atomic mass is 10.5. The fourth-order valence-electron chi connectivity index (χ4n) is 0.977. The van der Waals surface area contributed by atoms with Crippen molar-refractivity contribution in [2.75, 3.05) is 5.43 Å². The van der Waals surface area contributed by atoms with E-state index in [1.165, 1.54) is 6.33 Å². The Bertz CT molecular complexity index is 439. The molecule has 0 saturated carbocycles. The predicted molar refractivity (Wildman–Crippen MR) is 54.7 cm³/mol. The van der Waals surface area contributed by atoms with Gasteiger partial charge in [0.15, 0.2) is 5.82 Å². The fraction of sp³-hybridized carbons (Fsp3) is 0. The molecule has 0 atom stereocenters. The van der Waals surface area contributed by atoms with Crippen LogP contribution in [0.5, 0.6) is 0 Å². The maximum absolute atomic E-state index is 5.22. The van der Waals surface area contributed by atoms with E-state index in [4.69, 9.17) is 5.84 Å². The van der Waals surface area contributed by atoms with E-state index in [0.717, 1.165) is 4.47 Å². The quantitative estimate of drug-likeness (QED) is 0.610. The predicted octanol–water partition coefficient (Wildman–Crippen LogP) is 0.710. The third kappa shape index (κ3) is 1.73. The zero-order valence-electron chi connectivity index (χ0n) is 7.05. The van der Waals surface area contributed by atoms with Gasteiger partial charge in [-0.05, 0) is 15.9 Å². The Morgan fingerprint density at radius 2 is 2.29 bits per heavy atom. The highest BCUT2D eigenvalue weighted by Gasteiger charge is 2.01. The van der Waals surface area contributed by atoms with Crippen LogP contribution in [0.3, 0.4) is 0 Å². The summed E-state index contributed by atoms with van der Waals surface area (Å²) >= 11 is 3.30. The van der Waals surface area contributed by atoms with Crippen molar-refractivity contribution < 1.29 is 0 Å². The van der Waals surface area contributed by atoms with Gasteiger partial charge in [0.1, 0.15) is 12.1 Å². The van der Waals surface area contributed by atoms with Crippen LogP contribution in [0.15, 0.2) is 29.3 Å². The van der Waals surface area contributed by atoms with Crippen LogP contribution in [0.2, 0.25) is 0 Å². The Kier molecular flexibility index (Phi) is 2.42. The van der Waals surface area contributed by atoms with E-state index in [9.17, 15) is 0 Å². The smallest absolute Gasteiger partial charge is 0.158 e. The number of hydrogen-bond acceptors (Lipinski definition) is 5. The minimum Gasteiger partial charge on any atom is -0.308 e. The fourth-order valence-corrected chi connectivity index (χ4v) is 1.26. The van der Waals surface area contributed by atoms with Gasteiger partial charge in [0.2, 0.25) is 0 Å². The Morgan fingerprint density at radius 3 is 2.93 bits per heavy atom. The molecule has 2 aromatic heterocycles. The van der Waals surface area contributed by atoms with Crippen molar-refractivity contribution in [3.63, 3.8) is 0 Å². The van der Waals surface area contributed by atoms with Crippen molar-refractivity contribution >= 4 is 21.7 Å². The summed E-state index contributed by atoms with van der Waals surface area (Å²) in [7, 11) is 0. The van der Waals surface area contributed by atoms with Crippen molar-refractivity contribution in [2.24, 2.45) is 5.84 Å². The summed E-state index contributed by atoms with van der Waals surface area (Å²) in [5.74, 6) is 6.42. The topological polar surface area (TPSA) is 81.6 Å². The number of nitrogen functional groups attached to an aromatic ring is 1. The zero-order valence-corrected chi connectivity index (χ0v) is 8.64. The van der Waals surface area contributed by atoms with Crippen molar-refractivity contribution in [3.8, 4) is 5.82 Å². The molecule has 7 heteroatoms. The molecule has 0 aromatic carbocycles. The molecule has 72 valence electrons. The first-order chi connectivity index (χ1) is 6.79. The van der Waals surface area contributed by atoms with Gasteiger partial charge in [-0.25, -0.2) is 20.5 Å². The highest BCUT2D eigenvalue weighted by molar-refractivity contribution is 9.10. The molecule has 0 radical (unpaired) electrons. The second-order valence-corrected chi connectivity index (χ2v) is 3.42. The average Bonchev–Trinajstić information content (AvgIpc) is 2.65. The number of nitrogens with two attached hydrogens (primary N) is 1. The molecule has 2 rings (SSSR count). The van der Waals surface area contributed by atoms with Crippen molar-refractivity contribution in [1.29, 1.82) is 0 Å². The lowest BCUT2D eigenvalue weighted by Gasteiger charge is -2.01. The summed E-state index contributed by atoms with van der Waals surface area (Å²) in [4.78, 5) is 7.93. The minimum atomic E-state index is 0.543. The van der Waals surface area contributed by atoms with Crippen LogP contribution in [0, 0.1) is 0 Å². The molecule has 0 aliphatic rings. The number of aromatic nitrogens is 4. The zero-order chi connectivity index (χ0) is 9.97. The summed E-state index contributed by atoms with van der Waals surface area (Å²) in [6.45, 7) is 0. The van der Waals surface area contributed by atoms with Gasteiger partial charge in [0.05, 0.1) is 10.7 Å². The first-order valence-corrected chi connectivity index (χ1v) is 4.58. The van der Waals surface area contributed by atoms with Crippen LogP contribution in [0.4, 0.5) is 5.82 Å². The molecule has 0 unspecified atom stereocenters. The molecule has 0 aliphatic carbocycles. The van der Waals surface area contributed by atoms with Gasteiger partial charge >= 0.3 is 0 Å². The molecule has 0 aliphatic heterocycles. The second-order valence-electron chi connectivity index (χ2n) is 2.51. The van der Waals surface area contributed by atoms with Gasteiger partial charge in [-0.1, -0.05) is 0 Å². The minimum absolute atomic E-state index is 0.543. The van der Waals surface area contributed by atoms with Crippen LogP contribution in [0.25, 0.3) is 5.82 Å². The molecular formula is C7H7BrN6. The van der Waals surface area contributed by atoms with Crippen molar-refractivity contribution in [3.05, 3.63) is 29.3 Å². The van der Waals surface area contributed by atoms with Gasteiger partial charge in [-0.2, -0.15) is 5.10 Å². The number of hydrogen-bond donors (Lipinski definition) is 2. The Labute approximate surface area is 88.3 Å². The largest absolute Gasteiger partial charge is 0.308 e. The van der Waals surface area contributed by atoms with Gasteiger partial charge in [-0.3, -0.25) is 0 Å². The highest BCUT2D eigenvalue weighted by Crippen LogP contribution is 2.11. The van der Waals surface area contributed by atoms with Gasteiger partial charge in [-0.15, -0.1) is 0 Å². The molecule has 0 saturated heterocycles. The van der Waals surface area contributed by atoms with Crippen LogP contribution in [-0.4, -0.2) is 19.7 Å². The van der Waals surface area contributed by atoms with E-state index in [0.29, 0.717) is 11.6 Å². The van der Waals surface area contributed by atoms with Gasteiger partial charge < -0.3 is 5.43 Å². The number of rotatable bonds is 2. The van der Waals surface area contributed by atoms with Crippen molar-refractivity contribution in [1.82, 2.24) is 19.7 Å². The van der Waals surface area contributed by atoms with E-state index in [-0.39, 0.29) is 0 Å². The van der Waals surface area contributed by atoms with Gasteiger partial charge in [0, 0.05) is 12.3 Å². The van der Waals surface area contributed by atoms with Crippen molar-refractivity contribution in [2.45, 2.75) is 0 Å². The monoisotopic (exact) mass is 254 g/mol. The molecule has 0 bridgehead atoms. The number of anilines is 1. The van der Waals surface area contributed by atoms with E-state index < -0.39 is 0 Å². The SMILES string of the molecule is NNc1cc(-n2cc(Br)cn2)ncn1. The lowest BCUT2D eigenvalue weighted by Crippen LogP contribution is -2.09. The second kappa shape index (κ2) is 3.72. The Morgan fingerprint density at radius 1 is 1.43 bits per heavy atom. The molecular weight excluding hydrogens is 248 g/mol. The summed E-state index contributed by atoms with van der Waals surface area (Å²) in [6, 6.07) is 1.69. The molecule has 2 aromatic rings. The molecule has 6 nitrogen and oxygen atoms in total. The lowest BCUT2D eigenvalue weighted by molar-refractivity contribution is 0.839. The number of nitrogens with one attached hydrogen (secondary N) is 1. The first kappa shape index (κ1) is 9.10. The van der Waals surface area contributed by atoms with Gasteiger partial charge in [0.25, 0.3) is 0 Å². The van der Waals surface area contributed by atoms with Crippen LogP contribution in [-0.2, 0) is 0 Å². The maximum Gasteiger partial charge on any atom is 0.158 e. The van der Waals surface area contributed by atoms with E-state index in [1.807, 2.05) is 0 Å². The molecule has 0 amide bonds. The van der Waals surface area contributed by atoms with E-state index in [1.54, 1.807) is 23.1 Å². The molecule has 0 spiro atoms. The van der Waals surface area contributed by atoms with E-state index >= 15 is 0 Å². The number of nitrogens with zero attached hydrogens (tertiary/aromatic N) is 4. The summed E-state index contributed by atoms with van der Waals surface area (Å²) in [5, 5.41) is 4.07. The first-order valence-electron chi connectivity index (χ1n) is 3.79. The summed E-state index contributed by atoms with van der Waals surface area (Å²) in [5.41, 5.74) is 2.44. The molecule has 2 heterocycles. The maximum atomic E-state index is 5.22. The summed E-state index contributed by atoms with van der Waals surface area (Å²) in [6.07, 6.45) is 4.89. The third-order valence-electron chi connectivity index (χ3n) is 1.59. The molecule has 0 fully saturated rings. The Hall–Kier alpha value is -1.47. The average molecular weight is 255 g/mol. The number of halogens is 1. The Balaban J connectivity index is 2.41. The highest BCUT2D eigenvalue weighted by atomic mass is 79.9. The van der Waals surface area contributed by atoms with Crippen LogP contribution >= 0.6 is 15.9 Å². The molecule has 3 N–H and O–H groups in total.